The maximum Gasteiger partial charge on any atom is 0.230 e. The molecule has 1 unspecified atom stereocenters. The van der Waals surface area contributed by atoms with Crippen LogP contribution >= 0.6 is 0 Å². The Hall–Kier alpha value is -1.53. The van der Waals surface area contributed by atoms with Gasteiger partial charge in [0.25, 0.3) is 0 Å². The van der Waals surface area contributed by atoms with Crippen molar-refractivity contribution < 1.29 is 14.3 Å². The van der Waals surface area contributed by atoms with E-state index < -0.39 is 11.2 Å². The molecule has 2 rings (SSSR count). The summed E-state index contributed by atoms with van der Waals surface area (Å²) in [7, 11) is 0. The average molecular weight is 279 g/mol. The van der Waals surface area contributed by atoms with Crippen molar-refractivity contribution in [3.8, 4) is 0 Å². The number of anilines is 1. The first-order valence-corrected chi connectivity index (χ1v) is 6.62. The Balaban J connectivity index is 2.02. The molecule has 0 spiro atoms. The predicted molar refractivity (Wildman–Crippen MR) is 74.0 cm³/mol. The van der Waals surface area contributed by atoms with E-state index in [2.05, 4.69) is 15.3 Å². The van der Waals surface area contributed by atoms with Gasteiger partial charge < -0.3 is 14.8 Å². The molecule has 0 radical (unpaired) electrons. The highest BCUT2D eigenvalue weighted by Gasteiger charge is 2.34. The lowest BCUT2D eigenvalue weighted by molar-refractivity contribution is -0.139. The van der Waals surface area contributed by atoms with Crippen LogP contribution in [0.2, 0.25) is 0 Å². The summed E-state index contributed by atoms with van der Waals surface area (Å²) in [5, 5.41) is 2.73. The molecule has 0 aliphatic carbocycles. The fourth-order valence-electron chi connectivity index (χ4n) is 1.71. The van der Waals surface area contributed by atoms with Gasteiger partial charge in [-0.05, 0) is 13.8 Å². The molecule has 1 aliphatic rings. The zero-order valence-electron chi connectivity index (χ0n) is 12.6. The Morgan fingerprint density at radius 3 is 2.50 bits per heavy atom. The Labute approximate surface area is 118 Å². The molecule has 0 bridgehead atoms. The van der Waals surface area contributed by atoms with Crippen LogP contribution in [0.5, 0.6) is 0 Å². The first-order chi connectivity index (χ1) is 9.17. The highest BCUT2D eigenvalue weighted by atomic mass is 16.7. The van der Waals surface area contributed by atoms with Crippen LogP contribution in [0.4, 0.5) is 5.82 Å². The van der Waals surface area contributed by atoms with Crippen molar-refractivity contribution >= 4 is 11.7 Å². The molecule has 6 nitrogen and oxygen atoms in total. The number of hydrogen-bond acceptors (Lipinski definition) is 5. The largest absolute Gasteiger partial charge is 0.347 e. The summed E-state index contributed by atoms with van der Waals surface area (Å²) in [5.41, 5.74) is 0.233. The maximum absolute atomic E-state index is 11.8. The molecule has 2 heterocycles. The summed E-state index contributed by atoms with van der Waals surface area (Å²) in [6.07, 6.45) is 2.92. The monoisotopic (exact) mass is 279 g/mol. The summed E-state index contributed by atoms with van der Waals surface area (Å²) in [5.74, 6) is -0.251. The normalized spacial score (nSPS) is 21.8. The Morgan fingerprint density at radius 2 is 2.05 bits per heavy atom. The highest BCUT2D eigenvalue weighted by molar-refractivity contribution is 5.93. The van der Waals surface area contributed by atoms with E-state index in [1.54, 1.807) is 6.20 Å². The summed E-state index contributed by atoms with van der Waals surface area (Å²) >= 11 is 0. The van der Waals surface area contributed by atoms with Gasteiger partial charge in [0.15, 0.2) is 11.6 Å². The van der Waals surface area contributed by atoms with Crippen LogP contribution in [-0.4, -0.2) is 28.3 Å². The molecule has 1 saturated heterocycles. The first-order valence-electron chi connectivity index (χ1n) is 6.62. The number of amides is 1. The van der Waals surface area contributed by atoms with E-state index in [0.717, 1.165) is 0 Å². The molecule has 1 aliphatic heterocycles. The zero-order valence-corrected chi connectivity index (χ0v) is 12.6. The zero-order chi connectivity index (χ0) is 15.0. The molecule has 110 valence electrons. The van der Waals surface area contributed by atoms with Crippen molar-refractivity contribution in [2.75, 3.05) is 11.9 Å². The van der Waals surface area contributed by atoms with E-state index in [-0.39, 0.29) is 12.0 Å². The van der Waals surface area contributed by atoms with E-state index in [1.807, 2.05) is 34.6 Å². The van der Waals surface area contributed by atoms with Crippen LogP contribution in [0.3, 0.4) is 0 Å². The Kier molecular flexibility index (Phi) is 3.80. The molecular formula is C14H21N3O3. The van der Waals surface area contributed by atoms with E-state index in [9.17, 15) is 4.79 Å². The van der Waals surface area contributed by atoms with Crippen molar-refractivity contribution in [2.45, 2.75) is 46.5 Å². The summed E-state index contributed by atoms with van der Waals surface area (Å²) in [4.78, 5) is 20.3. The number of carbonyl (C=O) groups excluding carboxylic acids is 1. The second-order valence-electron chi connectivity index (χ2n) is 6.35. The van der Waals surface area contributed by atoms with Crippen LogP contribution in [-0.2, 0) is 14.3 Å². The number of rotatable bonds is 2. The van der Waals surface area contributed by atoms with Gasteiger partial charge in [-0.15, -0.1) is 0 Å². The predicted octanol–water partition coefficient (Wildman–Crippen LogP) is 2.29. The molecule has 1 aromatic rings. The van der Waals surface area contributed by atoms with E-state index >= 15 is 0 Å². The van der Waals surface area contributed by atoms with Crippen LogP contribution < -0.4 is 5.32 Å². The summed E-state index contributed by atoms with van der Waals surface area (Å²) in [6.45, 7) is 9.70. The van der Waals surface area contributed by atoms with Gasteiger partial charge >= 0.3 is 0 Å². The van der Waals surface area contributed by atoms with Crippen molar-refractivity contribution in [3.63, 3.8) is 0 Å². The summed E-state index contributed by atoms with van der Waals surface area (Å²) < 4.78 is 11.2. The minimum Gasteiger partial charge on any atom is -0.347 e. The number of carbonyl (C=O) groups is 1. The third-order valence-corrected chi connectivity index (χ3v) is 2.93. The van der Waals surface area contributed by atoms with Crippen molar-refractivity contribution in [2.24, 2.45) is 5.41 Å². The lowest BCUT2D eigenvalue weighted by Gasteiger charge is -2.18. The lowest BCUT2D eigenvalue weighted by atomic mass is 9.96. The molecule has 6 heteroatoms. The van der Waals surface area contributed by atoms with Gasteiger partial charge in [0.1, 0.15) is 6.10 Å². The molecule has 1 aromatic heterocycles. The molecule has 20 heavy (non-hydrogen) atoms. The molecule has 1 N–H and O–H groups in total. The summed E-state index contributed by atoms with van der Waals surface area (Å²) in [6, 6.07) is 0. The molecule has 0 aromatic carbocycles. The fourth-order valence-corrected chi connectivity index (χ4v) is 1.71. The minimum atomic E-state index is -0.592. The standard InChI is InChI=1S/C14H21N3O3/c1-13(2,3)12(18)17-11-7-15-9(6-16-11)10-8-19-14(4,5)20-10/h6-7,10H,8H2,1-5H3,(H,16,17,18). The average Bonchev–Trinajstić information content (AvgIpc) is 2.69. The topological polar surface area (TPSA) is 73.3 Å². The van der Waals surface area contributed by atoms with E-state index in [4.69, 9.17) is 9.47 Å². The number of nitrogens with zero attached hydrogens (tertiary/aromatic N) is 2. The molecule has 1 amide bonds. The van der Waals surface area contributed by atoms with Gasteiger partial charge in [0.05, 0.1) is 24.7 Å². The molecular weight excluding hydrogens is 258 g/mol. The van der Waals surface area contributed by atoms with Crippen LogP contribution in [0.15, 0.2) is 12.4 Å². The van der Waals surface area contributed by atoms with Gasteiger partial charge in [0.2, 0.25) is 5.91 Å². The second-order valence-corrected chi connectivity index (χ2v) is 6.35. The number of aromatic nitrogens is 2. The van der Waals surface area contributed by atoms with Crippen molar-refractivity contribution in [1.29, 1.82) is 0 Å². The van der Waals surface area contributed by atoms with Crippen molar-refractivity contribution in [1.82, 2.24) is 9.97 Å². The molecule has 0 saturated carbocycles. The fraction of sp³-hybridized carbons (Fsp3) is 0.643. The minimum absolute atomic E-state index is 0.0962. The van der Waals surface area contributed by atoms with Gasteiger partial charge in [-0.1, -0.05) is 20.8 Å². The number of nitrogens with one attached hydrogen (secondary N) is 1. The van der Waals surface area contributed by atoms with Crippen molar-refractivity contribution in [3.05, 3.63) is 18.1 Å². The van der Waals surface area contributed by atoms with Gasteiger partial charge in [-0.3, -0.25) is 9.78 Å². The SMILES string of the molecule is CC1(C)OCC(c2cnc(NC(=O)C(C)(C)C)cn2)O1. The van der Waals surface area contributed by atoms with Crippen LogP contribution in [0.1, 0.15) is 46.4 Å². The Morgan fingerprint density at radius 1 is 1.35 bits per heavy atom. The highest BCUT2D eigenvalue weighted by Crippen LogP contribution is 2.31. The maximum atomic E-state index is 11.8. The smallest absolute Gasteiger partial charge is 0.230 e. The quantitative estimate of drug-likeness (QED) is 0.899. The molecule has 1 fully saturated rings. The van der Waals surface area contributed by atoms with Gasteiger partial charge in [-0.2, -0.15) is 0 Å². The third kappa shape index (κ3) is 3.52. The molecule has 1 atom stereocenters. The number of hydrogen-bond donors (Lipinski definition) is 1. The van der Waals surface area contributed by atoms with Gasteiger partial charge in [-0.25, -0.2) is 4.98 Å². The second kappa shape index (κ2) is 5.10. The lowest BCUT2D eigenvalue weighted by Crippen LogP contribution is -2.28. The Bertz CT molecular complexity index is 491. The van der Waals surface area contributed by atoms with Crippen LogP contribution in [0.25, 0.3) is 0 Å². The number of ether oxygens (including phenoxy) is 2. The van der Waals surface area contributed by atoms with E-state index in [1.165, 1.54) is 6.20 Å². The van der Waals surface area contributed by atoms with Crippen LogP contribution in [0, 0.1) is 5.41 Å². The third-order valence-electron chi connectivity index (χ3n) is 2.93. The van der Waals surface area contributed by atoms with Gasteiger partial charge in [0, 0.05) is 5.41 Å². The van der Waals surface area contributed by atoms with E-state index in [0.29, 0.717) is 18.1 Å². The first kappa shape index (κ1) is 14.9.